The Balaban J connectivity index is 1.91. The van der Waals surface area contributed by atoms with Gasteiger partial charge in [0.25, 0.3) is 0 Å². The minimum absolute atomic E-state index is 0.354. The monoisotopic (exact) mass is 230 g/mol. The van der Waals surface area contributed by atoms with E-state index in [1.807, 2.05) is 18.2 Å². The number of hydrogen-bond acceptors (Lipinski definition) is 1. The van der Waals surface area contributed by atoms with E-state index in [0.717, 1.165) is 18.4 Å². The number of carbonyl (C=O) groups is 1. The predicted octanol–water partition coefficient (Wildman–Crippen LogP) is 4.40. The van der Waals surface area contributed by atoms with Gasteiger partial charge in [0.1, 0.15) is 0 Å². The second kappa shape index (κ2) is 6.00. The lowest BCUT2D eigenvalue weighted by molar-refractivity contribution is 0.0945. The molecule has 0 spiro atoms. The molecule has 0 fully saturated rings. The van der Waals surface area contributed by atoms with E-state index in [2.05, 4.69) is 13.0 Å². The van der Waals surface area contributed by atoms with Crippen LogP contribution in [-0.2, 0) is 6.42 Å². The van der Waals surface area contributed by atoms with Crippen molar-refractivity contribution in [3.8, 4) is 0 Å². The summed E-state index contributed by atoms with van der Waals surface area (Å²) in [6.07, 6.45) is 8.32. The minimum Gasteiger partial charge on any atom is -0.294 e. The van der Waals surface area contributed by atoms with E-state index >= 15 is 0 Å². The van der Waals surface area contributed by atoms with Crippen LogP contribution in [0.2, 0.25) is 0 Å². The molecule has 1 aliphatic carbocycles. The number of hydrogen-bond donors (Lipinski definition) is 0. The summed E-state index contributed by atoms with van der Waals surface area (Å²) >= 11 is 0. The zero-order chi connectivity index (χ0) is 12.1. The summed E-state index contributed by atoms with van der Waals surface area (Å²) in [5, 5.41) is 0. The molecule has 0 radical (unpaired) electrons. The molecule has 1 unspecified atom stereocenters. The molecule has 0 bridgehead atoms. The minimum atomic E-state index is 0.354. The summed E-state index contributed by atoms with van der Waals surface area (Å²) in [4.78, 5) is 12.0. The SMILES string of the molecule is CCCCCCC1CC(=O)c2ccccc2C1. The van der Waals surface area contributed by atoms with Crippen molar-refractivity contribution < 1.29 is 4.79 Å². The Morgan fingerprint density at radius 2 is 1.94 bits per heavy atom. The van der Waals surface area contributed by atoms with Crippen molar-refractivity contribution >= 4 is 5.78 Å². The predicted molar refractivity (Wildman–Crippen MR) is 71.3 cm³/mol. The first-order valence-corrected chi connectivity index (χ1v) is 6.92. The van der Waals surface area contributed by atoms with E-state index in [4.69, 9.17) is 0 Å². The number of ketones is 1. The molecular formula is C16H22O. The number of benzene rings is 1. The lowest BCUT2D eigenvalue weighted by atomic mass is 9.80. The normalized spacial score (nSPS) is 19.1. The molecule has 17 heavy (non-hydrogen) atoms. The van der Waals surface area contributed by atoms with E-state index in [-0.39, 0.29) is 0 Å². The average molecular weight is 230 g/mol. The molecule has 1 aromatic carbocycles. The fourth-order valence-electron chi connectivity index (χ4n) is 2.79. The van der Waals surface area contributed by atoms with Gasteiger partial charge < -0.3 is 0 Å². The zero-order valence-corrected chi connectivity index (χ0v) is 10.7. The standard InChI is InChI=1S/C16H22O/c1-2-3-4-5-8-13-11-14-9-6-7-10-15(14)16(17)12-13/h6-7,9-10,13H,2-5,8,11-12H2,1H3. The van der Waals surface area contributed by atoms with Gasteiger partial charge in [0, 0.05) is 12.0 Å². The molecule has 2 rings (SSSR count). The van der Waals surface area contributed by atoms with Crippen LogP contribution in [0.15, 0.2) is 24.3 Å². The first-order chi connectivity index (χ1) is 8.31. The van der Waals surface area contributed by atoms with E-state index in [0.29, 0.717) is 11.7 Å². The zero-order valence-electron chi connectivity index (χ0n) is 10.7. The summed E-state index contributed by atoms with van der Waals surface area (Å²) in [7, 11) is 0. The van der Waals surface area contributed by atoms with Gasteiger partial charge in [-0.05, 0) is 24.3 Å². The maximum Gasteiger partial charge on any atom is 0.163 e. The van der Waals surface area contributed by atoms with Crippen LogP contribution >= 0.6 is 0 Å². The Bertz CT molecular complexity index is 381. The maximum absolute atomic E-state index is 12.0. The van der Waals surface area contributed by atoms with Crippen LogP contribution in [-0.4, -0.2) is 5.78 Å². The van der Waals surface area contributed by atoms with Crippen molar-refractivity contribution in [2.24, 2.45) is 5.92 Å². The van der Waals surface area contributed by atoms with Gasteiger partial charge >= 0.3 is 0 Å². The Hall–Kier alpha value is -1.11. The van der Waals surface area contributed by atoms with E-state index in [1.165, 1.54) is 37.7 Å². The van der Waals surface area contributed by atoms with Crippen LogP contribution < -0.4 is 0 Å². The summed E-state index contributed by atoms with van der Waals surface area (Å²) in [6, 6.07) is 8.11. The number of Topliss-reactive ketones (excluding diaryl/α,β-unsaturated/α-hetero) is 1. The summed E-state index contributed by atoms with van der Waals surface area (Å²) < 4.78 is 0. The second-order valence-corrected chi connectivity index (χ2v) is 5.20. The van der Waals surface area contributed by atoms with Crippen LogP contribution in [0.5, 0.6) is 0 Å². The molecule has 0 saturated carbocycles. The van der Waals surface area contributed by atoms with Crippen LogP contribution in [0.25, 0.3) is 0 Å². The fraction of sp³-hybridized carbons (Fsp3) is 0.562. The van der Waals surface area contributed by atoms with Crippen molar-refractivity contribution in [3.63, 3.8) is 0 Å². The van der Waals surface area contributed by atoms with Crippen LogP contribution in [0.3, 0.4) is 0 Å². The third kappa shape index (κ3) is 3.18. The molecule has 0 saturated heterocycles. The molecule has 1 heteroatoms. The van der Waals surface area contributed by atoms with Gasteiger partial charge in [-0.15, -0.1) is 0 Å². The smallest absolute Gasteiger partial charge is 0.163 e. The first-order valence-electron chi connectivity index (χ1n) is 6.92. The number of rotatable bonds is 5. The van der Waals surface area contributed by atoms with Crippen molar-refractivity contribution in [1.29, 1.82) is 0 Å². The van der Waals surface area contributed by atoms with E-state index in [1.54, 1.807) is 0 Å². The van der Waals surface area contributed by atoms with Crippen LogP contribution in [0.1, 0.15) is 61.4 Å². The molecule has 0 N–H and O–H groups in total. The van der Waals surface area contributed by atoms with Gasteiger partial charge in [-0.25, -0.2) is 0 Å². The highest BCUT2D eigenvalue weighted by atomic mass is 16.1. The highest BCUT2D eigenvalue weighted by Gasteiger charge is 2.23. The Kier molecular flexibility index (Phi) is 4.36. The molecule has 1 nitrogen and oxygen atoms in total. The van der Waals surface area contributed by atoms with Gasteiger partial charge in [0.2, 0.25) is 0 Å². The molecule has 0 amide bonds. The van der Waals surface area contributed by atoms with E-state index in [9.17, 15) is 4.79 Å². The Morgan fingerprint density at radius 3 is 2.76 bits per heavy atom. The number of fused-ring (bicyclic) bond motifs is 1. The molecule has 0 aromatic heterocycles. The Morgan fingerprint density at radius 1 is 1.12 bits per heavy atom. The third-order valence-electron chi connectivity index (χ3n) is 3.77. The summed E-state index contributed by atoms with van der Waals surface area (Å²) in [5.74, 6) is 0.946. The molecule has 92 valence electrons. The fourth-order valence-corrected chi connectivity index (χ4v) is 2.79. The quantitative estimate of drug-likeness (QED) is 0.685. The highest BCUT2D eigenvalue weighted by Crippen LogP contribution is 2.28. The van der Waals surface area contributed by atoms with Crippen LogP contribution in [0.4, 0.5) is 0 Å². The van der Waals surface area contributed by atoms with Gasteiger partial charge in [0.05, 0.1) is 0 Å². The van der Waals surface area contributed by atoms with E-state index < -0.39 is 0 Å². The third-order valence-corrected chi connectivity index (χ3v) is 3.77. The number of carbonyl (C=O) groups excluding carboxylic acids is 1. The lowest BCUT2D eigenvalue weighted by Gasteiger charge is -2.23. The van der Waals surface area contributed by atoms with Gasteiger partial charge in [-0.2, -0.15) is 0 Å². The number of unbranched alkanes of at least 4 members (excludes halogenated alkanes) is 3. The molecule has 0 heterocycles. The van der Waals surface area contributed by atoms with Crippen molar-refractivity contribution in [1.82, 2.24) is 0 Å². The van der Waals surface area contributed by atoms with Crippen molar-refractivity contribution in [2.45, 2.75) is 51.9 Å². The van der Waals surface area contributed by atoms with Gasteiger partial charge in [-0.3, -0.25) is 4.79 Å². The molecule has 0 aliphatic heterocycles. The summed E-state index contributed by atoms with van der Waals surface area (Å²) in [6.45, 7) is 2.24. The Labute approximate surface area is 104 Å². The topological polar surface area (TPSA) is 17.1 Å². The van der Waals surface area contributed by atoms with Gasteiger partial charge in [-0.1, -0.05) is 56.9 Å². The second-order valence-electron chi connectivity index (χ2n) is 5.20. The summed E-state index contributed by atoms with van der Waals surface area (Å²) in [5.41, 5.74) is 2.24. The van der Waals surface area contributed by atoms with Gasteiger partial charge in [0.15, 0.2) is 5.78 Å². The molecule has 1 aliphatic rings. The molecule has 1 atom stereocenters. The van der Waals surface area contributed by atoms with Crippen molar-refractivity contribution in [3.05, 3.63) is 35.4 Å². The lowest BCUT2D eigenvalue weighted by Crippen LogP contribution is -2.19. The first kappa shape index (κ1) is 12.3. The molecular weight excluding hydrogens is 208 g/mol. The largest absolute Gasteiger partial charge is 0.294 e. The highest BCUT2D eigenvalue weighted by molar-refractivity contribution is 5.98. The average Bonchev–Trinajstić information content (AvgIpc) is 2.35. The van der Waals surface area contributed by atoms with Crippen molar-refractivity contribution in [2.75, 3.05) is 0 Å². The van der Waals surface area contributed by atoms with Crippen LogP contribution in [0, 0.1) is 5.92 Å². The maximum atomic E-state index is 12.0. The molecule has 1 aromatic rings.